The first-order valence-corrected chi connectivity index (χ1v) is 6.24. The van der Waals surface area contributed by atoms with Crippen molar-refractivity contribution in [3.8, 4) is 0 Å². The van der Waals surface area contributed by atoms with Crippen molar-refractivity contribution in [2.45, 2.75) is 32.2 Å². The molecule has 0 aliphatic rings. The molecule has 0 aliphatic heterocycles. The molecule has 1 unspecified atom stereocenters. The van der Waals surface area contributed by atoms with Crippen LogP contribution in [0.5, 0.6) is 0 Å². The number of methoxy groups -OCH3 is 1. The lowest BCUT2D eigenvalue weighted by Crippen LogP contribution is -2.36. The van der Waals surface area contributed by atoms with Crippen LogP contribution in [0.3, 0.4) is 0 Å². The van der Waals surface area contributed by atoms with E-state index in [-0.39, 0.29) is 0 Å². The molecule has 0 saturated carbocycles. The van der Waals surface area contributed by atoms with Crippen LogP contribution < -0.4 is 5.32 Å². The third-order valence-electron chi connectivity index (χ3n) is 2.15. The Labute approximate surface area is 98.5 Å². The van der Waals surface area contributed by atoms with Gasteiger partial charge in [-0.25, -0.2) is 0 Å². The highest BCUT2D eigenvalue weighted by Crippen LogP contribution is 1.95. The predicted octanol–water partition coefficient (Wildman–Crippen LogP) is 2.04. The molecule has 4 heteroatoms. The molecule has 0 aromatic rings. The molecule has 0 amide bonds. The fraction of sp³-hybridized carbons (Fsp3) is 1.00. The first-order valence-electron chi connectivity index (χ1n) is 5.71. The zero-order valence-corrected chi connectivity index (χ0v) is 10.7. The van der Waals surface area contributed by atoms with E-state index in [0.29, 0.717) is 18.5 Å². The molecule has 0 bridgehead atoms. The molecule has 0 aromatic carbocycles. The number of rotatable bonds is 11. The molecule has 3 nitrogen and oxygen atoms in total. The van der Waals surface area contributed by atoms with Gasteiger partial charge in [0.15, 0.2) is 0 Å². The highest BCUT2D eigenvalue weighted by Gasteiger charge is 2.05. The van der Waals surface area contributed by atoms with E-state index in [0.717, 1.165) is 32.6 Å². The zero-order chi connectivity index (χ0) is 11.4. The molecule has 0 spiro atoms. The molecule has 0 radical (unpaired) electrons. The molecule has 0 aliphatic carbocycles. The Morgan fingerprint density at radius 2 is 2.13 bits per heavy atom. The second-order valence-corrected chi connectivity index (χ2v) is 3.93. The largest absolute Gasteiger partial charge is 0.383 e. The third kappa shape index (κ3) is 10.5. The predicted molar refractivity (Wildman–Crippen MR) is 64.7 cm³/mol. The molecule has 15 heavy (non-hydrogen) atoms. The van der Waals surface area contributed by atoms with Crippen LogP contribution >= 0.6 is 11.6 Å². The van der Waals surface area contributed by atoms with Crippen LogP contribution in [0.15, 0.2) is 0 Å². The summed E-state index contributed by atoms with van der Waals surface area (Å²) in [5.74, 6) is 0.664. The molecular formula is C11H24ClNO2. The Morgan fingerprint density at radius 1 is 1.33 bits per heavy atom. The molecule has 1 atom stereocenters. The van der Waals surface area contributed by atoms with Crippen LogP contribution in [0, 0.1) is 0 Å². The molecule has 92 valence electrons. The summed E-state index contributed by atoms with van der Waals surface area (Å²) in [6, 6.07) is 0.349. The van der Waals surface area contributed by atoms with E-state index in [2.05, 4.69) is 12.2 Å². The maximum Gasteiger partial charge on any atom is 0.0616 e. The van der Waals surface area contributed by atoms with E-state index in [1.54, 1.807) is 7.11 Å². The van der Waals surface area contributed by atoms with Crippen LogP contribution in [0.1, 0.15) is 26.2 Å². The minimum absolute atomic E-state index is 0.349. The van der Waals surface area contributed by atoms with Gasteiger partial charge in [0.05, 0.1) is 13.2 Å². The molecule has 0 fully saturated rings. The summed E-state index contributed by atoms with van der Waals surface area (Å²) in [4.78, 5) is 0. The lowest BCUT2D eigenvalue weighted by atomic mass is 10.2. The van der Waals surface area contributed by atoms with E-state index >= 15 is 0 Å². The molecule has 0 rings (SSSR count). The number of hydrogen-bond acceptors (Lipinski definition) is 3. The summed E-state index contributed by atoms with van der Waals surface area (Å²) in [6.07, 6.45) is 3.26. The first-order chi connectivity index (χ1) is 7.35. The fourth-order valence-electron chi connectivity index (χ4n) is 1.26. The van der Waals surface area contributed by atoms with Crippen molar-refractivity contribution in [3.05, 3.63) is 0 Å². The number of nitrogens with one attached hydrogen (secondary N) is 1. The Balaban J connectivity index is 3.28. The number of halogens is 1. The summed E-state index contributed by atoms with van der Waals surface area (Å²) in [5, 5.41) is 3.36. The lowest BCUT2D eigenvalue weighted by Gasteiger charge is -2.16. The van der Waals surface area contributed by atoms with Gasteiger partial charge in [0.25, 0.3) is 0 Å². The fourth-order valence-corrected chi connectivity index (χ4v) is 1.52. The molecular weight excluding hydrogens is 214 g/mol. The Bertz CT molecular complexity index is 119. The van der Waals surface area contributed by atoms with Gasteiger partial charge in [0.2, 0.25) is 0 Å². The van der Waals surface area contributed by atoms with E-state index < -0.39 is 0 Å². The highest BCUT2D eigenvalue weighted by atomic mass is 35.5. The quantitative estimate of drug-likeness (QED) is 0.441. The zero-order valence-electron chi connectivity index (χ0n) is 9.93. The number of alkyl halides is 1. The Hall–Kier alpha value is 0.170. The normalized spacial score (nSPS) is 13.0. The van der Waals surface area contributed by atoms with Crippen molar-refractivity contribution in [2.24, 2.45) is 0 Å². The second-order valence-electron chi connectivity index (χ2n) is 3.55. The van der Waals surface area contributed by atoms with Gasteiger partial charge < -0.3 is 14.8 Å². The Kier molecular flexibility index (Phi) is 12.4. The molecule has 1 N–H and O–H groups in total. The van der Waals surface area contributed by atoms with Crippen molar-refractivity contribution < 1.29 is 9.47 Å². The highest BCUT2D eigenvalue weighted by molar-refractivity contribution is 6.17. The smallest absolute Gasteiger partial charge is 0.0616 e. The van der Waals surface area contributed by atoms with Crippen LogP contribution in [0.25, 0.3) is 0 Å². The van der Waals surface area contributed by atoms with Gasteiger partial charge in [-0.05, 0) is 12.8 Å². The summed E-state index contributed by atoms with van der Waals surface area (Å²) >= 11 is 5.69. The van der Waals surface area contributed by atoms with Crippen LogP contribution in [-0.2, 0) is 9.47 Å². The Morgan fingerprint density at radius 3 is 2.73 bits per heavy atom. The minimum Gasteiger partial charge on any atom is -0.383 e. The van der Waals surface area contributed by atoms with Crippen molar-refractivity contribution in [1.82, 2.24) is 5.32 Å². The van der Waals surface area contributed by atoms with Gasteiger partial charge in [0.1, 0.15) is 0 Å². The third-order valence-corrected chi connectivity index (χ3v) is 2.37. The standard InChI is InChI=1S/C11H24ClNO2/c1-3-4-8-15-9-7-13-11(5-6-12)10-14-2/h11,13H,3-10H2,1-2H3. The van der Waals surface area contributed by atoms with Crippen molar-refractivity contribution >= 4 is 11.6 Å². The van der Waals surface area contributed by atoms with Crippen LogP contribution in [0.4, 0.5) is 0 Å². The summed E-state index contributed by atoms with van der Waals surface area (Å²) in [7, 11) is 1.71. The average Bonchev–Trinajstić information content (AvgIpc) is 2.24. The molecule has 0 heterocycles. The first kappa shape index (κ1) is 15.2. The number of hydrogen-bond donors (Lipinski definition) is 1. The topological polar surface area (TPSA) is 30.5 Å². The lowest BCUT2D eigenvalue weighted by molar-refractivity contribution is 0.121. The number of unbranched alkanes of at least 4 members (excludes halogenated alkanes) is 1. The van der Waals surface area contributed by atoms with Crippen LogP contribution in [-0.4, -0.2) is 45.4 Å². The summed E-state index contributed by atoms with van der Waals surface area (Å²) in [5.41, 5.74) is 0. The number of ether oxygens (including phenoxy) is 2. The van der Waals surface area contributed by atoms with Gasteiger partial charge in [-0.15, -0.1) is 11.6 Å². The van der Waals surface area contributed by atoms with Gasteiger partial charge in [-0.2, -0.15) is 0 Å². The monoisotopic (exact) mass is 237 g/mol. The maximum atomic E-state index is 5.69. The van der Waals surface area contributed by atoms with E-state index in [9.17, 15) is 0 Å². The summed E-state index contributed by atoms with van der Waals surface area (Å²) < 4.78 is 10.5. The average molecular weight is 238 g/mol. The van der Waals surface area contributed by atoms with Gasteiger partial charge in [0, 0.05) is 32.2 Å². The molecule has 0 aromatic heterocycles. The van der Waals surface area contributed by atoms with E-state index in [4.69, 9.17) is 21.1 Å². The maximum absolute atomic E-state index is 5.69. The van der Waals surface area contributed by atoms with Crippen molar-refractivity contribution in [1.29, 1.82) is 0 Å². The minimum atomic E-state index is 0.349. The van der Waals surface area contributed by atoms with Gasteiger partial charge in [-0.1, -0.05) is 13.3 Å². The SMILES string of the molecule is CCCCOCCNC(CCCl)COC. The van der Waals surface area contributed by atoms with E-state index in [1.165, 1.54) is 6.42 Å². The second kappa shape index (κ2) is 12.2. The van der Waals surface area contributed by atoms with Crippen molar-refractivity contribution in [3.63, 3.8) is 0 Å². The van der Waals surface area contributed by atoms with E-state index in [1.807, 2.05) is 0 Å². The summed E-state index contributed by atoms with van der Waals surface area (Å²) in [6.45, 7) is 5.37. The van der Waals surface area contributed by atoms with Gasteiger partial charge >= 0.3 is 0 Å². The van der Waals surface area contributed by atoms with Crippen LogP contribution in [0.2, 0.25) is 0 Å². The van der Waals surface area contributed by atoms with Crippen molar-refractivity contribution in [2.75, 3.05) is 39.4 Å². The van der Waals surface area contributed by atoms with Gasteiger partial charge in [-0.3, -0.25) is 0 Å². The molecule has 0 saturated heterocycles.